The van der Waals surface area contributed by atoms with Crippen molar-refractivity contribution in [1.29, 1.82) is 0 Å². The molecule has 0 heterocycles. The summed E-state index contributed by atoms with van der Waals surface area (Å²) in [5.74, 6) is 0. The van der Waals surface area contributed by atoms with Crippen LogP contribution in [-0.2, 0) is 0 Å². The van der Waals surface area contributed by atoms with Crippen molar-refractivity contribution in [3.8, 4) is 0 Å². The lowest BCUT2D eigenvalue weighted by atomic mass is 10.0. The summed E-state index contributed by atoms with van der Waals surface area (Å²) in [6, 6.07) is 15.1. The highest BCUT2D eigenvalue weighted by molar-refractivity contribution is 9.10. The van der Waals surface area contributed by atoms with Gasteiger partial charge >= 0.3 is 0 Å². The summed E-state index contributed by atoms with van der Waals surface area (Å²) in [5, 5.41) is 3.61. The first-order valence-electron chi connectivity index (χ1n) is 6.38. The van der Waals surface area contributed by atoms with E-state index < -0.39 is 0 Å². The molecule has 0 aromatic heterocycles. The molecule has 0 radical (unpaired) electrons. The van der Waals surface area contributed by atoms with Crippen molar-refractivity contribution in [2.45, 2.75) is 26.3 Å². The third kappa shape index (κ3) is 3.83. The van der Waals surface area contributed by atoms with Crippen LogP contribution < -0.4 is 5.32 Å². The van der Waals surface area contributed by atoms with Gasteiger partial charge in [0, 0.05) is 14.6 Å². The van der Waals surface area contributed by atoms with Crippen molar-refractivity contribution >= 4 is 37.5 Å². The van der Waals surface area contributed by atoms with E-state index in [0.717, 1.165) is 21.1 Å². The van der Waals surface area contributed by atoms with Crippen LogP contribution in [0.3, 0.4) is 0 Å². The number of benzene rings is 2. The van der Waals surface area contributed by atoms with E-state index >= 15 is 0 Å². The van der Waals surface area contributed by atoms with E-state index in [2.05, 4.69) is 93.5 Å². The highest BCUT2D eigenvalue weighted by Gasteiger charge is 2.11. The highest BCUT2D eigenvalue weighted by Crippen LogP contribution is 2.30. The van der Waals surface area contributed by atoms with Gasteiger partial charge in [-0.1, -0.05) is 41.1 Å². The summed E-state index contributed by atoms with van der Waals surface area (Å²) in [6.07, 6.45) is 1.04. The maximum atomic E-state index is 3.61. The number of nitrogens with one attached hydrogen (secondary N) is 1. The van der Waals surface area contributed by atoms with Gasteiger partial charge in [0.1, 0.15) is 0 Å². The van der Waals surface area contributed by atoms with Gasteiger partial charge < -0.3 is 5.32 Å². The van der Waals surface area contributed by atoms with Crippen LogP contribution in [-0.4, -0.2) is 0 Å². The second-order valence-electron chi connectivity index (χ2n) is 4.64. The molecule has 1 N–H and O–H groups in total. The van der Waals surface area contributed by atoms with E-state index in [9.17, 15) is 0 Å². The first kappa shape index (κ1) is 14.6. The zero-order valence-electron chi connectivity index (χ0n) is 11.1. The first-order chi connectivity index (χ1) is 9.10. The predicted molar refractivity (Wildman–Crippen MR) is 89.7 cm³/mol. The van der Waals surface area contributed by atoms with E-state index in [1.165, 1.54) is 11.1 Å². The number of rotatable bonds is 4. The normalized spacial score (nSPS) is 12.2. The molecule has 100 valence electrons. The lowest BCUT2D eigenvalue weighted by molar-refractivity contribution is 0.748. The summed E-state index contributed by atoms with van der Waals surface area (Å²) < 4.78 is 2.22. The van der Waals surface area contributed by atoms with Crippen molar-refractivity contribution in [2.75, 3.05) is 5.32 Å². The van der Waals surface area contributed by atoms with Crippen LogP contribution in [0.15, 0.2) is 51.4 Å². The van der Waals surface area contributed by atoms with Crippen LogP contribution in [0.5, 0.6) is 0 Å². The number of anilines is 1. The molecule has 0 spiro atoms. The number of halogens is 2. The minimum atomic E-state index is 0.315. The minimum Gasteiger partial charge on any atom is -0.377 e. The fourth-order valence-electron chi connectivity index (χ4n) is 2.08. The van der Waals surface area contributed by atoms with Crippen molar-refractivity contribution < 1.29 is 0 Å². The van der Waals surface area contributed by atoms with Crippen LogP contribution in [0, 0.1) is 6.92 Å². The van der Waals surface area contributed by atoms with Gasteiger partial charge in [0.05, 0.1) is 6.04 Å². The highest BCUT2D eigenvalue weighted by atomic mass is 79.9. The molecule has 0 aliphatic heterocycles. The van der Waals surface area contributed by atoms with Crippen molar-refractivity contribution in [1.82, 2.24) is 0 Å². The Morgan fingerprint density at radius 2 is 1.89 bits per heavy atom. The third-order valence-corrected chi connectivity index (χ3v) is 4.30. The van der Waals surface area contributed by atoms with Gasteiger partial charge in [0.15, 0.2) is 0 Å². The first-order valence-corrected chi connectivity index (χ1v) is 7.97. The molecule has 0 aliphatic rings. The SMILES string of the molecule is CCC(Nc1cc(C)ccc1Br)c1cccc(Br)c1. The van der Waals surface area contributed by atoms with Crippen LogP contribution >= 0.6 is 31.9 Å². The Morgan fingerprint density at radius 1 is 1.11 bits per heavy atom. The molecule has 2 aromatic carbocycles. The van der Waals surface area contributed by atoms with Crippen LogP contribution in [0.25, 0.3) is 0 Å². The Bertz CT molecular complexity index is 566. The molecule has 0 bridgehead atoms. The molecule has 2 aromatic rings. The molecular formula is C16H17Br2N. The van der Waals surface area contributed by atoms with Crippen molar-refractivity contribution in [3.63, 3.8) is 0 Å². The van der Waals surface area contributed by atoms with Crippen LogP contribution in [0.4, 0.5) is 5.69 Å². The van der Waals surface area contributed by atoms with Gasteiger partial charge in [-0.2, -0.15) is 0 Å². The monoisotopic (exact) mass is 381 g/mol. The quantitative estimate of drug-likeness (QED) is 0.675. The molecule has 0 aliphatic carbocycles. The molecule has 3 heteroatoms. The summed E-state index contributed by atoms with van der Waals surface area (Å²) in [6.45, 7) is 4.31. The van der Waals surface area contributed by atoms with Gasteiger partial charge in [0.25, 0.3) is 0 Å². The standard InChI is InChI=1S/C16H17Br2N/c1-3-15(12-5-4-6-13(17)10-12)19-16-9-11(2)7-8-14(16)18/h4-10,15,19H,3H2,1-2H3. The van der Waals surface area contributed by atoms with Crippen molar-refractivity contribution in [3.05, 3.63) is 62.5 Å². The minimum absolute atomic E-state index is 0.315. The number of aryl methyl sites for hydroxylation is 1. The van der Waals surface area contributed by atoms with Crippen LogP contribution in [0.1, 0.15) is 30.5 Å². The topological polar surface area (TPSA) is 12.0 Å². The molecule has 1 atom stereocenters. The zero-order valence-corrected chi connectivity index (χ0v) is 14.3. The summed E-state index contributed by atoms with van der Waals surface area (Å²) >= 11 is 7.14. The molecule has 0 saturated carbocycles. The zero-order chi connectivity index (χ0) is 13.8. The maximum Gasteiger partial charge on any atom is 0.0512 e. The van der Waals surface area contributed by atoms with Gasteiger partial charge in [-0.05, 0) is 64.7 Å². The van der Waals surface area contributed by atoms with E-state index in [4.69, 9.17) is 0 Å². The smallest absolute Gasteiger partial charge is 0.0512 e. The lowest BCUT2D eigenvalue weighted by Gasteiger charge is -2.20. The van der Waals surface area contributed by atoms with E-state index in [1.807, 2.05) is 0 Å². The third-order valence-electron chi connectivity index (χ3n) is 3.11. The van der Waals surface area contributed by atoms with E-state index in [1.54, 1.807) is 0 Å². The largest absolute Gasteiger partial charge is 0.377 e. The number of hydrogen-bond acceptors (Lipinski definition) is 1. The fraction of sp³-hybridized carbons (Fsp3) is 0.250. The molecule has 1 nitrogen and oxygen atoms in total. The average Bonchev–Trinajstić information content (AvgIpc) is 2.39. The van der Waals surface area contributed by atoms with Gasteiger partial charge in [-0.25, -0.2) is 0 Å². The van der Waals surface area contributed by atoms with E-state index in [0.29, 0.717) is 6.04 Å². The average molecular weight is 383 g/mol. The molecular weight excluding hydrogens is 366 g/mol. The summed E-state index contributed by atoms with van der Waals surface area (Å²) in [5.41, 5.74) is 3.70. The molecule has 2 rings (SSSR count). The Kier molecular flexibility index (Phi) is 5.06. The Morgan fingerprint density at radius 3 is 2.58 bits per heavy atom. The fourth-order valence-corrected chi connectivity index (χ4v) is 2.86. The Hall–Kier alpha value is -0.800. The summed E-state index contributed by atoms with van der Waals surface area (Å²) in [7, 11) is 0. The van der Waals surface area contributed by atoms with Gasteiger partial charge in [-0.15, -0.1) is 0 Å². The lowest BCUT2D eigenvalue weighted by Crippen LogP contribution is -2.10. The van der Waals surface area contributed by atoms with Gasteiger partial charge in [-0.3, -0.25) is 0 Å². The molecule has 0 saturated heterocycles. The van der Waals surface area contributed by atoms with Crippen molar-refractivity contribution in [2.24, 2.45) is 0 Å². The molecule has 0 amide bonds. The Labute approximate surface area is 131 Å². The van der Waals surface area contributed by atoms with E-state index in [-0.39, 0.29) is 0 Å². The molecule has 0 fully saturated rings. The second kappa shape index (κ2) is 6.58. The van der Waals surface area contributed by atoms with Crippen LogP contribution in [0.2, 0.25) is 0 Å². The predicted octanol–water partition coefficient (Wildman–Crippen LogP) is 6.08. The van der Waals surface area contributed by atoms with Gasteiger partial charge in [0.2, 0.25) is 0 Å². The Balaban J connectivity index is 2.26. The maximum absolute atomic E-state index is 3.61. The number of hydrogen-bond donors (Lipinski definition) is 1. The summed E-state index contributed by atoms with van der Waals surface area (Å²) in [4.78, 5) is 0. The molecule has 1 unspecified atom stereocenters. The molecule has 19 heavy (non-hydrogen) atoms. The second-order valence-corrected chi connectivity index (χ2v) is 6.41.